The molecule has 0 radical (unpaired) electrons. The molecule has 0 spiro atoms. The van der Waals surface area contributed by atoms with Gasteiger partial charge in [-0.2, -0.15) is 0 Å². The average Bonchev–Trinajstić information content (AvgIpc) is 2.61. The zero-order valence-corrected chi connectivity index (χ0v) is 14.3. The molecule has 126 valence electrons. The Bertz CT molecular complexity index is 525. The Hall–Kier alpha value is -1.33. The lowest BCUT2D eigenvalue weighted by Gasteiger charge is -2.36. The van der Waals surface area contributed by atoms with E-state index in [4.69, 9.17) is 11.6 Å². The second kappa shape index (κ2) is 7.97. The zero-order valence-electron chi connectivity index (χ0n) is 13.6. The van der Waals surface area contributed by atoms with E-state index in [1.165, 1.54) is 6.42 Å². The molecule has 2 aliphatic rings. The smallest absolute Gasteiger partial charge is 0.223 e. The molecular weight excluding hydrogens is 312 g/mol. The van der Waals surface area contributed by atoms with E-state index in [2.05, 4.69) is 14.8 Å². The third-order valence-electron chi connectivity index (χ3n) is 4.81. The highest BCUT2D eigenvalue weighted by molar-refractivity contribution is 6.33. The Morgan fingerprint density at radius 2 is 1.83 bits per heavy atom. The largest absolute Gasteiger partial charge is 0.368 e. The first-order valence-electron chi connectivity index (χ1n) is 8.58. The Morgan fingerprint density at radius 1 is 1.09 bits per heavy atom. The van der Waals surface area contributed by atoms with Gasteiger partial charge in [-0.1, -0.05) is 11.6 Å². The van der Waals surface area contributed by atoms with Crippen molar-refractivity contribution in [2.24, 2.45) is 0 Å². The van der Waals surface area contributed by atoms with Gasteiger partial charge < -0.3 is 9.80 Å². The number of pyridine rings is 1. The minimum atomic E-state index is 0.323. The molecule has 6 heteroatoms. The maximum absolute atomic E-state index is 12.2. The number of amides is 1. The van der Waals surface area contributed by atoms with Crippen molar-refractivity contribution in [3.8, 4) is 0 Å². The van der Waals surface area contributed by atoms with E-state index < -0.39 is 0 Å². The van der Waals surface area contributed by atoms with Gasteiger partial charge in [-0.05, 0) is 25.3 Å². The molecule has 0 aromatic carbocycles. The number of nitrogens with zero attached hydrogens (tertiary/aromatic N) is 4. The second-order valence-corrected chi connectivity index (χ2v) is 6.75. The molecule has 23 heavy (non-hydrogen) atoms. The van der Waals surface area contributed by atoms with Crippen molar-refractivity contribution in [2.45, 2.75) is 25.7 Å². The SMILES string of the molecule is O=C(CCN1CCN(c2ccncc2Cl)CC1)N1CCCCC1. The number of carbonyl (C=O) groups is 1. The lowest BCUT2D eigenvalue weighted by atomic mass is 10.1. The van der Waals surface area contributed by atoms with Gasteiger partial charge in [-0.3, -0.25) is 14.7 Å². The summed E-state index contributed by atoms with van der Waals surface area (Å²) in [7, 11) is 0. The van der Waals surface area contributed by atoms with Gasteiger partial charge in [0.1, 0.15) is 0 Å². The first-order chi connectivity index (χ1) is 11.2. The van der Waals surface area contributed by atoms with Crippen LogP contribution in [0, 0.1) is 0 Å². The van der Waals surface area contributed by atoms with Crippen molar-refractivity contribution < 1.29 is 4.79 Å². The molecule has 3 heterocycles. The summed E-state index contributed by atoms with van der Waals surface area (Å²) in [5, 5.41) is 0.709. The van der Waals surface area contributed by atoms with Crippen LogP contribution in [0.1, 0.15) is 25.7 Å². The molecule has 2 saturated heterocycles. The van der Waals surface area contributed by atoms with Gasteiger partial charge >= 0.3 is 0 Å². The molecule has 0 atom stereocenters. The van der Waals surface area contributed by atoms with Crippen LogP contribution in [-0.2, 0) is 4.79 Å². The van der Waals surface area contributed by atoms with E-state index in [9.17, 15) is 4.79 Å². The van der Waals surface area contributed by atoms with Crippen molar-refractivity contribution >= 4 is 23.2 Å². The van der Waals surface area contributed by atoms with Crippen molar-refractivity contribution in [3.05, 3.63) is 23.5 Å². The Labute approximate surface area is 143 Å². The van der Waals surface area contributed by atoms with Crippen LogP contribution < -0.4 is 4.90 Å². The summed E-state index contributed by atoms with van der Waals surface area (Å²) in [6.45, 7) is 6.62. The third-order valence-corrected chi connectivity index (χ3v) is 5.11. The number of halogens is 1. The Morgan fingerprint density at radius 3 is 2.52 bits per heavy atom. The lowest BCUT2D eigenvalue weighted by molar-refractivity contribution is -0.132. The molecule has 0 saturated carbocycles. The fourth-order valence-electron chi connectivity index (χ4n) is 3.39. The average molecular weight is 337 g/mol. The molecule has 1 amide bonds. The standard InChI is InChI=1S/C17H25ClN4O/c18-15-14-19-6-4-16(15)21-12-10-20(11-13-21)9-5-17(23)22-7-2-1-3-8-22/h4,6,14H,1-3,5,7-13H2. The van der Waals surface area contributed by atoms with E-state index >= 15 is 0 Å². The van der Waals surface area contributed by atoms with Gasteiger partial charge in [0.25, 0.3) is 0 Å². The topological polar surface area (TPSA) is 39.7 Å². The monoisotopic (exact) mass is 336 g/mol. The number of anilines is 1. The Balaban J connectivity index is 1.42. The van der Waals surface area contributed by atoms with Crippen LogP contribution in [0.25, 0.3) is 0 Å². The summed E-state index contributed by atoms with van der Waals surface area (Å²) >= 11 is 6.21. The number of likely N-dealkylation sites (tertiary alicyclic amines) is 1. The molecule has 0 bridgehead atoms. The molecule has 3 rings (SSSR count). The van der Waals surface area contributed by atoms with Crippen LogP contribution in [0.3, 0.4) is 0 Å². The van der Waals surface area contributed by atoms with Crippen molar-refractivity contribution in [3.63, 3.8) is 0 Å². The highest BCUT2D eigenvalue weighted by Gasteiger charge is 2.21. The number of hydrogen-bond donors (Lipinski definition) is 0. The molecule has 1 aromatic rings. The summed E-state index contributed by atoms with van der Waals surface area (Å²) in [6, 6.07) is 1.97. The number of hydrogen-bond acceptors (Lipinski definition) is 4. The molecule has 2 fully saturated rings. The van der Waals surface area contributed by atoms with Crippen molar-refractivity contribution in [1.82, 2.24) is 14.8 Å². The molecule has 5 nitrogen and oxygen atoms in total. The molecular formula is C17H25ClN4O. The minimum Gasteiger partial charge on any atom is -0.368 e. The highest BCUT2D eigenvalue weighted by atomic mass is 35.5. The summed E-state index contributed by atoms with van der Waals surface area (Å²) in [5.41, 5.74) is 1.06. The summed E-state index contributed by atoms with van der Waals surface area (Å²) in [6.07, 6.45) is 7.72. The molecule has 2 aliphatic heterocycles. The molecule has 1 aromatic heterocycles. The summed E-state index contributed by atoms with van der Waals surface area (Å²) in [5.74, 6) is 0.323. The van der Waals surface area contributed by atoms with Gasteiger partial charge in [-0.15, -0.1) is 0 Å². The van der Waals surface area contributed by atoms with Gasteiger partial charge in [0.2, 0.25) is 5.91 Å². The maximum Gasteiger partial charge on any atom is 0.223 e. The first kappa shape index (κ1) is 16.5. The van der Waals surface area contributed by atoms with E-state index in [0.717, 1.165) is 64.3 Å². The molecule has 0 N–H and O–H groups in total. The van der Waals surface area contributed by atoms with Gasteiger partial charge in [0.05, 0.1) is 10.7 Å². The van der Waals surface area contributed by atoms with Crippen LogP contribution >= 0.6 is 11.6 Å². The van der Waals surface area contributed by atoms with Gasteiger partial charge in [0, 0.05) is 64.6 Å². The third kappa shape index (κ3) is 4.36. The fourth-order valence-corrected chi connectivity index (χ4v) is 3.63. The van der Waals surface area contributed by atoms with E-state index in [1.807, 2.05) is 11.0 Å². The Kier molecular flexibility index (Phi) is 5.73. The number of aromatic nitrogens is 1. The van der Waals surface area contributed by atoms with E-state index in [0.29, 0.717) is 17.4 Å². The zero-order chi connectivity index (χ0) is 16.1. The van der Waals surface area contributed by atoms with Crippen LogP contribution in [0.15, 0.2) is 18.5 Å². The van der Waals surface area contributed by atoms with Crippen LogP contribution in [0.2, 0.25) is 5.02 Å². The number of rotatable bonds is 4. The van der Waals surface area contributed by atoms with Crippen molar-refractivity contribution in [1.29, 1.82) is 0 Å². The lowest BCUT2D eigenvalue weighted by Crippen LogP contribution is -2.47. The maximum atomic E-state index is 12.2. The first-order valence-corrected chi connectivity index (χ1v) is 8.96. The number of piperazine rings is 1. The van der Waals surface area contributed by atoms with Crippen LogP contribution in [0.4, 0.5) is 5.69 Å². The quantitative estimate of drug-likeness (QED) is 0.845. The van der Waals surface area contributed by atoms with E-state index in [1.54, 1.807) is 12.4 Å². The number of carbonyl (C=O) groups excluding carboxylic acids is 1. The van der Waals surface area contributed by atoms with Crippen LogP contribution in [-0.4, -0.2) is 66.5 Å². The second-order valence-electron chi connectivity index (χ2n) is 6.35. The summed E-state index contributed by atoms with van der Waals surface area (Å²) < 4.78 is 0. The predicted octanol–water partition coefficient (Wildman–Crippen LogP) is 2.26. The van der Waals surface area contributed by atoms with Gasteiger partial charge in [-0.25, -0.2) is 0 Å². The normalized spacial score (nSPS) is 19.9. The number of piperidine rings is 1. The molecule has 0 aliphatic carbocycles. The van der Waals surface area contributed by atoms with E-state index in [-0.39, 0.29) is 0 Å². The summed E-state index contributed by atoms with van der Waals surface area (Å²) in [4.78, 5) is 23.0. The molecule has 0 unspecified atom stereocenters. The fraction of sp³-hybridized carbons (Fsp3) is 0.647. The predicted molar refractivity (Wildman–Crippen MR) is 92.9 cm³/mol. The highest BCUT2D eigenvalue weighted by Crippen LogP contribution is 2.25. The minimum absolute atomic E-state index is 0.323. The van der Waals surface area contributed by atoms with Gasteiger partial charge in [0.15, 0.2) is 0 Å². The van der Waals surface area contributed by atoms with Crippen molar-refractivity contribution in [2.75, 3.05) is 50.7 Å². The van der Waals surface area contributed by atoms with Crippen LogP contribution in [0.5, 0.6) is 0 Å².